The third-order valence-electron chi connectivity index (χ3n) is 8.46. The average Bonchev–Trinajstić information content (AvgIpc) is 3.47. The Bertz CT molecular complexity index is 904. The summed E-state index contributed by atoms with van der Waals surface area (Å²) in [5, 5.41) is 32.5. The van der Waals surface area contributed by atoms with Crippen molar-refractivity contribution in [2.45, 2.75) is 108 Å². The molecular formula is C24H36O11. The molecular weight excluding hydrogens is 464 g/mol. The molecule has 4 rings (SSSR count). The Balaban J connectivity index is 1.79. The molecule has 9 atom stereocenters. The molecule has 0 aromatic heterocycles. The summed E-state index contributed by atoms with van der Waals surface area (Å²) in [6.07, 6.45) is -5.20. The van der Waals surface area contributed by atoms with Crippen molar-refractivity contribution >= 4 is 17.9 Å². The van der Waals surface area contributed by atoms with E-state index in [1.165, 1.54) is 34.6 Å². The number of carbonyl (C=O) groups is 3. The van der Waals surface area contributed by atoms with Crippen molar-refractivity contribution in [1.29, 1.82) is 0 Å². The maximum Gasteiger partial charge on any atom is 0.309 e. The van der Waals surface area contributed by atoms with Crippen LogP contribution < -0.4 is 0 Å². The van der Waals surface area contributed by atoms with Crippen LogP contribution in [0, 0.1) is 10.8 Å². The Morgan fingerprint density at radius 2 is 1.71 bits per heavy atom. The Morgan fingerprint density at radius 3 is 2.23 bits per heavy atom. The molecule has 4 unspecified atom stereocenters. The number of hydrogen-bond donors (Lipinski definition) is 3. The van der Waals surface area contributed by atoms with Gasteiger partial charge >= 0.3 is 17.9 Å². The second-order valence-corrected chi connectivity index (χ2v) is 11.6. The van der Waals surface area contributed by atoms with Crippen LogP contribution in [0.2, 0.25) is 0 Å². The molecule has 3 N–H and O–H groups in total. The molecule has 0 aromatic rings. The summed E-state index contributed by atoms with van der Waals surface area (Å²) >= 11 is 0. The molecule has 11 heteroatoms. The zero-order valence-corrected chi connectivity index (χ0v) is 21.0. The number of aliphatic hydroxyl groups excluding tert-OH is 1. The van der Waals surface area contributed by atoms with E-state index in [0.29, 0.717) is 0 Å². The predicted octanol–water partition coefficient (Wildman–Crippen LogP) is 0.00240. The molecule has 11 nitrogen and oxygen atoms in total. The number of hydrogen-bond acceptors (Lipinski definition) is 11. The minimum Gasteiger partial charge on any atom is -0.465 e. The van der Waals surface area contributed by atoms with Crippen molar-refractivity contribution in [2.24, 2.45) is 10.8 Å². The van der Waals surface area contributed by atoms with E-state index in [9.17, 15) is 29.7 Å². The average molecular weight is 501 g/mol. The second kappa shape index (κ2) is 8.11. The SMILES string of the molecule is CC(=O)OC[C@]12CC(OC(=O)CC(C)(C)O)C(C)(O)C[C@H]1O[C@@H]1C(O)C(OC(C)=O)[C@@]2(C)[C@]12CO2. The monoisotopic (exact) mass is 500 g/mol. The summed E-state index contributed by atoms with van der Waals surface area (Å²) in [4.78, 5) is 36.6. The number of carbonyl (C=O) groups excluding carboxylic acids is 3. The van der Waals surface area contributed by atoms with Gasteiger partial charge in [0.1, 0.15) is 42.2 Å². The molecule has 2 saturated heterocycles. The van der Waals surface area contributed by atoms with Crippen molar-refractivity contribution in [1.82, 2.24) is 0 Å². The van der Waals surface area contributed by atoms with E-state index >= 15 is 0 Å². The Morgan fingerprint density at radius 1 is 1.09 bits per heavy atom. The Kier molecular flexibility index (Phi) is 6.09. The first-order valence-corrected chi connectivity index (χ1v) is 11.9. The van der Waals surface area contributed by atoms with Gasteiger partial charge in [0, 0.05) is 25.7 Å². The molecule has 198 valence electrons. The molecule has 0 aromatic carbocycles. The van der Waals surface area contributed by atoms with Crippen LogP contribution in [0.5, 0.6) is 0 Å². The molecule has 2 heterocycles. The quantitative estimate of drug-likeness (QED) is 0.256. The minimum atomic E-state index is -1.52. The van der Waals surface area contributed by atoms with Gasteiger partial charge in [-0.3, -0.25) is 14.4 Å². The Hall–Kier alpha value is -1.79. The van der Waals surface area contributed by atoms with Crippen LogP contribution in [-0.4, -0.2) is 93.8 Å². The molecule has 2 saturated carbocycles. The van der Waals surface area contributed by atoms with Gasteiger partial charge in [-0.1, -0.05) is 6.92 Å². The van der Waals surface area contributed by atoms with Crippen molar-refractivity contribution < 1.29 is 53.4 Å². The minimum absolute atomic E-state index is 0.00356. The fraction of sp³-hybridized carbons (Fsp3) is 0.875. The first-order chi connectivity index (χ1) is 16.0. The molecule has 2 aliphatic heterocycles. The molecule has 4 fully saturated rings. The van der Waals surface area contributed by atoms with Crippen molar-refractivity contribution in [2.75, 3.05) is 13.2 Å². The lowest BCUT2D eigenvalue weighted by atomic mass is 9.48. The number of fused-ring (bicyclic) bond motifs is 2. The fourth-order valence-corrected chi connectivity index (χ4v) is 6.66. The summed E-state index contributed by atoms with van der Waals surface area (Å²) in [5.74, 6) is -1.86. The van der Waals surface area contributed by atoms with Gasteiger partial charge in [0.25, 0.3) is 0 Å². The highest BCUT2D eigenvalue weighted by molar-refractivity contribution is 5.71. The fourth-order valence-electron chi connectivity index (χ4n) is 6.66. The van der Waals surface area contributed by atoms with Gasteiger partial charge in [-0.15, -0.1) is 0 Å². The zero-order chi connectivity index (χ0) is 26.2. The van der Waals surface area contributed by atoms with Gasteiger partial charge in [0.05, 0.1) is 30.1 Å². The van der Waals surface area contributed by atoms with Crippen LogP contribution in [0.1, 0.15) is 60.8 Å². The highest BCUT2D eigenvalue weighted by Crippen LogP contribution is 2.73. The summed E-state index contributed by atoms with van der Waals surface area (Å²) < 4.78 is 29.1. The van der Waals surface area contributed by atoms with Gasteiger partial charge in [0.15, 0.2) is 0 Å². The van der Waals surface area contributed by atoms with Gasteiger partial charge in [-0.05, 0) is 27.2 Å². The first-order valence-electron chi connectivity index (χ1n) is 11.9. The topological polar surface area (TPSA) is 161 Å². The number of rotatable bonds is 6. The van der Waals surface area contributed by atoms with Gasteiger partial charge < -0.3 is 39.0 Å². The lowest BCUT2D eigenvalue weighted by Crippen LogP contribution is -2.72. The van der Waals surface area contributed by atoms with Crippen LogP contribution in [-0.2, 0) is 38.1 Å². The van der Waals surface area contributed by atoms with Crippen LogP contribution >= 0.6 is 0 Å². The van der Waals surface area contributed by atoms with Crippen molar-refractivity contribution in [3.05, 3.63) is 0 Å². The normalized spacial score (nSPS) is 46.0. The second-order valence-electron chi connectivity index (χ2n) is 11.6. The maximum absolute atomic E-state index is 12.6. The Labute approximate surface area is 204 Å². The van der Waals surface area contributed by atoms with Gasteiger partial charge in [-0.25, -0.2) is 0 Å². The van der Waals surface area contributed by atoms with Gasteiger partial charge in [0.2, 0.25) is 0 Å². The molecule has 2 aliphatic carbocycles. The molecule has 35 heavy (non-hydrogen) atoms. The molecule has 0 amide bonds. The molecule has 4 aliphatic rings. The zero-order valence-electron chi connectivity index (χ0n) is 21.0. The molecule has 1 spiro atoms. The summed E-state index contributed by atoms with van der Waals surface area (Å²) in [5.41, 5.74) is -6.10. The number of ether oxygens (including phenoxy) is 5. The number of epoxide rings is 1. The third kappa shape index (κ3) is 3.96. The van der Waals surface area contributed by atoms with E-state index in [4.69, 9.17) is 23.7 Å². The van der Waals surface area contributed by atoms with E-state index in [-0.39, 0.29) is 32.5 Å². The van der Waals surface area contributed by atoms with E-state index in [0.717, 1.165) is 0 Å². The maximum atomic E-state index is 12.6. The van der Waals surface area contributed by atoms with Crippen LogP contribution in [0.25, 0.3) is 0 Å². The number of aliphatic hydroxyl groups is 3. The smallest absolute Gasteiger partial charge is 0.309 e. The molecule has 0 radical (unpaired) electrons. The van der Waals surface area contributed by atoms with Crippen molar-refractivity contribution in [3.63, 3.8) is 0 Å². The lowest BCUT2D eigenvalue weighted by Gasteiger charge is -2.61. The van der Waals surface area contributed by atoms with Crippen molar-refractivity contribution in [3.8, 4) is 0 Å². The van der Waals surface area contributed by atoms with E-state index in [2.05, 4.69) is 0 Å². The van der Waals surface area contributed by atoms with E-state index < -0.39 is 76.1 Å². The highest BCUT2D eigenvalue weighted by Gasteiger charge is 2.87. The lowest BCUT2D eigenvalue weighted by molar-refractivity contribution is -0.290. The van der Waals surface area contributed by atoms with Crippen LogP contribution in [0.15, 0.2) is 0 Å². The number of esters is 3. The summed E-state index contributed by atoms with van der Waals surface area (Å²) in [7, 11) is 0. The predicted molar refractivity (Wildman–Crippen MR) is 117 cm³/mol. The first kappa shape index (κ1) is 26.3. The largest absolute Gasteiger partial charge is 0.465 e. The van der Waals surface area contributed by atoms with Crippen LogP contribution in [0.4, 0.5) is 0 Å². The van der Waals surface area contributed by atoms with E-state index in [1.807, 2.05) is 6.92 Å². The van der Waals surface area contributed by atoms with Crippen LogP contribution in [0.3, 0.4) is 0 Å². The highest BCUT2D eigenvalue weighted by atomic mass is 16.7. The third-order valence-corrected chi connectivity index (χ3v) is 8.46. The standard InChI is InChI=1S/C24H36O11/c1-12(25)31-10-23-8-14(34-16(27)9-20(3,4)29)21(5,30)7-15(23)35-19-17(28)18(33-13(2)26)22(23,6)24(19)11-32-24/h14-15,17-19,28-30H,7-11H2,1-6H3/t14?,15-,17?,18?,19-,21?,22-,23-,24+/m1/s1. The van der Waals surface area contributed by atoms with E-state index in [1.54, 1.807) is 0 Å². The summed E-state index contributed by atoms with van der Waals surface area (Å²) in [6.45, 7) is 8.82. The summed E-state index contributed by atoms with van der Waals surface area (Å²) in [6, 6.07) is 0. The molecule has 2 bridgehead atoms. The van der Waals surface area contributed by atoms with Gasteiger partial charge in [-0.2, -0.15) is 0 Å².